The van der Waals surface area contributed by atoms with Crippen molar-refractivity contribution in [2.75, 3.05) is 13.1 Å². The summed E-state index contributed by atoms with van der Waals surface area (Å²) in [6.07, 6.45) is 9.05. The fourth-order valence-corrected chi connectivity index (χ4v) is 6.15. The first-order valence-corrected chi connectivity index (χ1v) is 13.7. The van der Waals surface area contributed by atoms with Crippen molar-refractivity contribution in [3.8, 4) is 0 Å². The van der Waals surface area contributed by atoms with Gasteiger partial charge in [0.05, 0.1) is 19.1 Å². The van der Waals surface area contributed by atoms with Gasteiger partial charge in [-0.3, -0.25) is 0 Å². The van der Waals surface area contributed by atoms with Crippen molar-refractivity contribution in [2.45, 2.75) is 77.0 Å². The molecule has 4 atom stereocenters. The molecule has 2 heterocycles. The molecule has 0 spiro atoms. The lowest BCUT2D eigenvalue weighted by atomic mass is 9.77. The standard InChI is InChI=1S/C30H39N3O2/c1-2-24-18-19-33(20-27(24)34-22-23-12-6-3-7-13-23)21-28-31-32-30(35-28)29(25-14-8-4-9-15-25)26-16-10-5-11-17-26/h3-4,6-9,12-15,24,26-27,29H,2,5,10-11,16-22H2,1H3/p+1. The second kappa shape index (κ2) is 12.0. The van der Waals surface area contributed by atoms with Crippen molar-refractivity contribution in [1.82, 2.24) is 10.2 Å². The number of nitrogens with one attached hydrogen (secondary N) is 1. The molecule has 4 unspecified atom stereocenters. The van der Waals surface area contributed by atoms with E-state index in [2.05, 4.69) is 77.8 Å². The van der Waals surface area contributed by atoms with E-state index >= 15 is 0 Å². The number of rotatable bonds is 9. The number of nitrogens with zero attached hydrogens (tertiary/aromatic N) is 2. The average molecular weight is 475 g/mol. The maximum absolute atomic E-state index is 6.43. The molecule has 2 fully saturated rings. The molecule has 5 rings (SSSR count). The molecule has 0 radical (unpaired) electrons. The molecule has 1 aromatic heterocycles. The Bertz CT molecular complexity index is 1020. The van der Waals surface area contributed by atoms with Crippen LogP contribution >= 0.6 is 0 Å². The first kappa shape index (κ1) is 24.2. The van der Waals surface area contributed by atoms with Crippen LogP contribution in [0.1, 0.15) is 80.7 Å². The Labute approximate surface area is 209 Å². The molecule has 2 aromatic carbocycles. The van der Waals surface area contributed by atoms with Crippen LogP contribution < -0.4 is 4.90 Å². The van der Waals surface area contributed by atoms with Crippen LogP contribution in [-0.2, 0) is 17.9 Å². The third-order valence-corrected chi connectivity index (χ3v) is 8.15. The van der Waals surface area contributed by atoms with Crippen molar-refractivity contribution in [2.24, 2.45) is 11.8 Å². The summed E-state index contributed by atoms with van der Waals surface area (Å²) in [6.45, 7) is 5.87. The van der Waals surface area contributed by atoms with Gasteiger partial charge >= 0.3 is 0 Å². The summed E-state index contributed by atoms with van der Waals surface area (Å²) in [6, 6.07) is 21.3. The summed E-state index contributed by atoms with van der Waals surface area (Å²) in [5.74, 6) is 2.99. The van der Waals surface area contributed by atoms with E-state index in [0.717, 1.165) is 37.8 Å². The Morgan fingerprint density at radius 3 is 2.43 bits per heavy atom. The Kier molecular flexibility index (Phi) is 8.27. The number of quaternary nitrogens is 1. The number of likely N-dealkylation sites (tertiary alicyclic amines) is 1. The number of benzene rings is 2. The number of piperidine rings is 1. The molecular formula is C30H40N3O2+. The van der Waals surface area contributed by atoms with Gasteiger partial charge in [-0.15, -0.1) is 10.2 Å². The highest BCUT2D eigenvalue weighted by atomic mass is 16.5. The summed E-state index contributed by atoms with van der Waals surface area (Å²) < 4.78 is 12.8. The van der Waals surface area contributed by atoms with E-state index in [-0.39, 0.29) is 12.0 Å². The summed E-state index contributed by atoms with van der Waals surface area (Å²) in [4.78, 5) is 1.48. The van der Waals surface area contributed by atoms with Gasteiger partial charge < -0.3 is 14.1 Å². The van der Waals surface area contributed by atoms with Gasteiger partial charge in [0.2, 0.25) is 5.89 Å². The number of aromatic nitrogens is 2. The van der Waals surface area contributed by atoms with Crippen LogP contribution in [0.3, 0.4) is 0 Å². The highest BCUT2D eigenvalue weighted by Gasteiger charge is 2.34. The normalized spacial score (nSPS) is 24.3. The minimum atomic E-state index is 0.209. The monoisotopic (exact) mass is 474 g/mol. The molecule has 5 nitrogen and oxygen atoms in total. The molecule has 1 aliphatic heterocycles. The highest BCUT2D eigenvalue weighted by Crippen LogP contribution is 2.39. The Hall–Kier alpha value is -2.50. The zero-order valence-corrected chi connectivity index (χ0v) is 21.1. The van der Waals surface area contributed by atoms with Crippen molar-refractivity contribution < 1.29 is 14.1 Å². The largest absolute Gasteiger partial charge is 0.419 e. The number of hydrogen-bond acceptors (Lipinski definition) is 4. The molecule has 1 aliphatic carbocycles. The maximum Gasteiger partial charge on any atom is 0.271 e. The van der Waals surface area contributed by atoms with Crippen LogP contribution in [0.2, 0.25) is 0 Å². The first-order chi connectivity index (χ1) is 17.3. The molecule has 5 heteroatoms. The number of hydrogen-bond donors (Lipinski definition) is 1. The van der Waals surface area contributed by atoms with Gasteiger partial charge in [-0.05, 0) is 35.8 Å². The molecule has 0 amide bonds. The van der Waals surface area contributed by atoms with E-state index in [4.69, 9.17) is 9.15 Å². The van der Waals surface area contributed by atoms with Crippen LogP contribution in [0.4, 0.5) is 0 Å². The third-order valence-electron chi connectivity index (χ3n) is 8.15. The minimum absolute atomic E-state index is 0.209. The summed E-state index contributed by atoms with van der Waals surface area (Å²) >= 11 is 0. The summed E-state index contributed by atoms with van der Waals surface area (Å²) in [5, 5.41) is 9.13. The van der Waals surface area contributed by atoms with Crippen molar-refractivity contribution in [1.29, 1.82) is 0 Å². The lowest BCUT2D eigenvalue weighted by molar-refractivity contribution is -0.924. The topological polar surface area (TPSA) is 52.6 Å². The van der Waals surface area contributed by atoms with Crippen LogP contribution in [-0.4, -0.2) is 29.4 Å². The fraction of sp³-hybridized carbons (Fsp3) is 0.533. The molecule has 3 aromatic rings. The highest BCUT2D eigenvalue weighted by molar-refractivity contribution is 5.25. The maximum atomic E-state index is 6.43. The molecule has 1 N–H and O–H groups in total. The lowest BCUT2D eigenvalue weighted by Gasteiger charge is -2.35. The first-order valence-electron chi connectivity index (χ1n) is 13.7. The summed E-state index contributed by atoms with van der Waals surface area (Å²) in [7, 11) is 0. The van der Waals surface area contributed by atoms with Crippen LogP contribution in [0.25, 0.3) is 0 Å². The molecule has 2 aliphatic rings. The second-order valence-corrected chi connectivity index (χ2v) is 10.5. The van der Waals surface area contributed by atoms with E-state index in [0.29, 0.717) is 18.4 Å². The van der Waals surface area contributed by atoms with Crippen LogP contribution in [0.5, 0.6) is 0 Å². The molecule has 35 heavy (non-hydrogen) atoms. The fourth-order valence-electron chi connectivity index (χ4n) is 6.15. The van der Waals surface area contributed by atoms with Crippen molar-refractivity contribution in [3.05, 3.63) is 83.6 Å². The third kappa shape index (κ3) is 6.20. The predicted octanol–water partition coefficient (Wildman–Crippen LogP) is 5.18. The van der Waals surface area contributed by atoms with Gasteiger partial charge in [0.1, 0.15) is 12.6 Å². The van der Waals surface area contributed by atoms with Crippen LogP contribution in [0, 0.1) is 11.8 Å². The van der Waals surface area contributed by atoms with Gasteiger partial charge in [-0.2, -0.15) is 0 Å². The second-order valence-electron chi connectivity index (χ2n) is 10.5. The smallest absolute Gasteiger partial charge is 0.271 e. The molecular weight excluding hydrogens is 434 g/mol. The van der Waals surface area contributed by atoms with Gasteiger partial charge in [-0.1, -0.05) is 93.3 Å². The SMILES string of the molecule is CCC1CC[NH+](Cc2nnc(C(c3ccccc3)C3CCCCC3)o2)CC1OCc1ccccc1. The van der Waals surface area contributed by atoms with E-state index in [9.17, 15) is 0 Å². The average Bonchev–Trinajstić information content (AvgIpc) is 3.37. The van der Waals surface area contributed by atoms with Crippen molar-refractivity contribution in [3.63, 3.8) is 0 Å². The van der Waals surface area contributed by atoms with E-state index < -0.39 is 0 Å². The molecule has 186 valence electrons. The number of ether oxygens (including phenoxy) is 1. The zero-order chi connectivity index (χ0) is 23.9. The van der Waals surface area contributed by atoms with E-state index in [1.807, 2.05) is 0 Å². The molecule has 1 saturated heterocycles. The predicted molar refractivity (Wildman–Crippen MR) is 137 cm³/mol. The minimum Gasteiger partial charge on any atom is -0.419 e. The quantitative estimate of drug-likeness (QED) is 0.464. The molecule has 0 bridgehead atoms. The van der Waals surface area contributed by atoms with Gasteiger partial charge in [0.15, 0.2) is 6.54 Å². The lowest BCUT2D eigenvalue weighted by Crippen LogP contribution is -3.13. The van der Waals surface area contributed by atoms with E-state index in [1.54, 1.807) is 0 Å². The van der Waals surface area contributed by atoms with Crippen LogP contribution in [0.15, 0.2) is 65.1 Å². The molecule has 1 saturated carbocycles. The van der Waals surface area contributed by atoms with Gasteiger partial charge in [-0.25, -0.2) is 0 Å². The Balaban J connectivity index is 1.25. The van der Waals surface area contributed by atoms with Crippen molar-refractivity contribution >= 4 is 0 Å². The Morgan fingerprint density at radius 2 is 1.69 bits per heavy atom. The Morgan fingerprint density at radius 1 is 0.943 bits per heavy atom. The van der Waals surface area contributed by atoms with E-state index in [1.165, 1.54) is 54.6 Å². The van der Waals surface area contributed by atoms with Gasteiger partial charge in [0.25, 0.3) is 5.89 Å². The zero-order valence-electron chi connectivity index (χ0n) is 21.1. The van der Waals surface area contributed by atoms with Gasteiger partial charge in [0, 0.05) is 6.42 Å². The summed E-state index contributed by atoms with van der Waals surface area (Å²) in [5.41, 5.74) is 2.55.